The molecular formula is C32H44ClN5O8. The van der Waals surface area contributed by atoms with Crippen molar-refractivity contribution in [3.05, 3.63) is 45.4 Å². The Hall–Kier alpha value is -3.68. The smallest absolute Gasteiger partial charge is 0.437 e. The highest BCUT2D eigenvalue weighted by atomic mass is 35.5. The van der Waals surface area contributed by atoms with E-state index in [2.05, 4.69) is 29.0 Å². The van der Waals surface area contributed by atoms with E-state index in [-0.39, 0.29) is 11.9 Å². The molecule has 0 saturated carbocycles. The number of aromatic nitrogens is 2. The van der Waals surface area contributed by atoms with Crippen molar-refractivity contribution >= 4 is 29.4 Å². The van der Waals surface area contributed by atoms with E-state index < -0.39 is 17.7 Å². The highest BCUT2D eigenvalue weighted by Crippen LogP contribution is 2.38. The summed E-state index contributed by atoms with van der Waals surface area (Å²) in [6.45, 7) is 5.18. The first-order valence-electron chi connectivity index (χ1n) is 15.9. The van der Waals surface area contributed by atoms with Crippen LogP contribution < -0.4 is 10.5 Å². The largest absolute Gasteiger partial charge is 0.492 e. The fraction of sp³-hybridized carbons (Fsp3) is 0.594. The van der Waals surface area contributed by atoms with Gasteiger partial charge in [-0.1, -0.05) is 11.6 Å². The lowest BCUT2D eigenvalue weighted by molar-refractivity contribution is -0.134. The Labute approximate surface area is 273 Å². The number of unbranched alkanes of at least 4 members (excludes halogenated alkanes) is 1. The first-order valence-corrected chi connectivity index (χ1v) is 16.2. The molecule has 1 amide bonds. The van der Waals surface area contributed by atoms with Crippen molar-refractivity contribution in [1.29, 1.82) is 0 Å². The van der Waals surface area contributed by atoms with Gasteiger partial charge in [-0.3, -0.25) is 4.79 Å². The Morgan fingerprint density at radius 3 is 2.33 bits per heavy atom. The number of carboxylic acid groups (broad SMARTS) is 2. The van der Waals surface area contributed by atoms with Crippen molar-refractivity contribution < 1.29 is 33.8 Å². The third-order valence-corrected chi connectivity index (χ3v) is 8.92. The van der Waals surface area contributed by atoms with E-state index in [0.29, 0.717) is 47.7 Å². The van der Waals surface area contributed by atoms with Crippen LogP contribution in [-0.2, 0) is 20.8 Å². The molecule has 0 atom stereocenters. The van der Waals surface area contributed by atoms with Crippen LogP contribution in [-0.4, -0.2) is 112 Å². The molecule has 0 bridgehead atoms. The summed E-state index contributed by atoms with van der Waals surface area (Å²) in [5.41, 5.74) is 1.68. The van der Waals surface area contributed by atoms with Crippen molar-refractivity contribution in [2.45, 2.75) is 69.9 Å². The van der Waals surface area contributed by atoms with Gasteiger partial charge in [-0.15, -0.1) is 5.10 Å². The van der Waals surface area contributed by atoms with E-state index >= 15 is 0 Å². The van der Waals surface area contributed by atoms with Gasteiger partial charge in [-0.2, -0.15) is 4.68 Å². The number of carbonyl (C=O) groups excluding carboxylic acids is 1. The van der Waals surface area contributed by atoms with Crippen molar-refractivity contribution in [3.8, 4) is 17.2 Å². The predicted molar refractivity (Wildman–Crippen MR) is 171 cm³/mol. The van der Waals surface area contributed by atoms with Crippen LogP contribution in [0.3, 0.4) is 0 Å². The second-order valence-corrected chi connectivity index (χ2v) is 12.6. The number of ether oxygens (including phenoxy) is 1. The lowest BCUT2D eigenvalue weighted by atomic mass is 10.0. The molecule has 2 N–H and O–H groups in total. The van der Waals surface area contributed by atoms with Crippen LogP contribution in [0, 0.1) is 0 Å². The predicted octanol–water partition coefficient (Wildman–Crippen LogP) is 3.55. The Morgan fingerprint density at radius 1 is 1.02 bits per heavy atom. The minimum absolute atomic E-state index is 0.0128. The summed E-state index contributed by atoms with van der Waals surface area (Å²) in [6, 6.07) is 4.28. The topological polar surface area (TPSA) is 159 Å². The summed E-state index contributed by atoms with van der Waals surface area (Å²) in [5.74, 6) is -1.65. The molecule has 1 aromatic heterocycles. The molecule has 3 aliphatic rings. The number of piperidine rings is 2. The van der Waals surface area contributed by atoms with Gasteiger partial charge in [0.1, 0.15) is 5.75 Å². The minimum atomic E-state index is -1.26. The van der Waals surface area contributed by atoms with E-state index in [1.165, 1.54) is 4.68 Å². The Morgan fingerprint density at radius 2 is 1.70 bits per heavy atom. The molecule has 5 rings (SSSR count). The Balaban J connectivity index is 0.000000533. The van der Waals surface area contributed by atoms with Gasteiger partial charge >= 0.3 is 17.7 Å². The fourth-order valence-corrected chi connectivity index (χ4v) is 6.40. The number of carboxylic acids is 2. The van der Waals surface area contributed by atoms with Crippen LogP contribution in [0.25, 0.3) is 11.5 Å². The number of carbonyl (C=O) groups is 3. The van der Waals surface area contributed by atoms with E-state index in [1.807, 2.05) is 11.0 Å². The van der Waals surface area contributed by atoms with Gasteiger partial charge in [0, 0.05) is 55.8 Å². The maximum atomic E-state index is 12.7. The quantitative estimate of drug-likeness (QED) is 0.283. The zero-order chi connectivity index (χ0) is 33.2. The van der Waals surface area contributed by atoms with E-state index in [4.69, 9.17) is 31.0 Å². The third kappa shape index (κ3) is 9.91. The van der Waals surface area contributed by atoms with Gasteiger partial charge < -0.3 is 34.1 Å². The van der Waals surface area contributed by atoms with Crippen molar-refractivity contribution in [2.75, 3.05) is 53.4 Å². The number of fused-ring (bicyclic) bond motifs is 1. The van der Waals surface area contributed by atoms with Gasteiger partial charge in [0.15, 0.2) is 0 Å². The second-order valence-electron chi connectivity index (χ2n) is 12.1. The number of benzene rings is 1. The van der Waals surface area contributed by atoms with E-state index in [0.717, 1.165) is 95.4 Å². The molecule has 13 nitrogen and oxygen atoms in total. The number of amides is 1. The maximum absolute atomic E-state index is 12.7. The van der Waals surface area contributed by atoms with Crippen LogP contribution in [0.1, 0.15) is 63.0 Å². The van der Waals surface area contributed by atoms with E-state index in [1.54, 1.807) is 6.07 Å². The molecule has 46 heavy (non-hydrogen) atoms. The molecule has 0 radical (unpaired) electrons. The zero-order valence-electron chi connectivity index (χ0n) is 26.5. The summed E-state index contributed by atoms with van der Waals surface area (Å²) in [4.78, 5) is 51.2. The highest BCUT2D eigenvalue weighted by Gasteiger charge is 2.27. The number of aliphatic carboxylic acids is 2. The second kappa shape index (κ2) is 16.8. The van der Waals surface area contributed by atoms with Crippen molar-refractivity contribution in [1.82, 2.24) is 24.5 Å². The van der Waals surface area contributed by atoms with Gasteiger partial charge in [0.25, 0.3) is 5.89 Å². The summed E-state index contributed by atoms with van der Waals surface area (Å²) >= 11 is 6.33. The number of halogens is 1. The first-order chi connectivity index (χ1) is 22.0. The molecular weight excluding hydrogens is 618 g/mol. The minimum Gasteiger partial charge on any atom is -0.492 e. The standard InChI is InChI=1S/C28H40ClN5O4.C4H4O4/c1-31(2)22-10-15-33(16-11-22)25(35)7-3-4-12-32-13-8-23(9-14-32)34-28(36)38-27(30-34)24-19-21(29)18-20-6-5-17-37-26(20)24;5-3(6)1-2-4(7)8/h18-19,22-23H,3-17H2,1-2H3;1-2H,(H,5,6)(H,7,8)/b;2-1+. The zero-order valence-corrected chi connectivity index (χ0v) is 27.3. The molecule has 1 aromatic carbocycles. The normalized spacial score (nSPS) is 17.8. The molecule has 14 heteroatoms. The van der Waals surface area contributed by atoms with Crippen LogP contribution in [0.5, 0.6) is 5.75 Å². The molecule has 2 aromatic rings. The molecule has 2 fully saturated rings. The average Bonchev–Trinajstić information content (AvgIpc) is 3.43. The average molecular weight is 662 g/mol. The van der Waals surface area contributed by atoms with Gasteiger partial charge in [-0.25, -0.2) is 14.4 Å². The molecule has 4 heterocycles. The molecule has 0 spiro atoms. The van der Waals surface area contributed by atoms with Crippen LogP contribution in [0.2, 0.25) is 5.02 Å². The molecule has 0 aliphatic carbocycles. The Kier molecular flexibility index (Phi) is 12.8. The number of nitrogens with zero attached hydrogens (tertiary/aromatic N) is 5. The van der Waals surface area contributed by atoms with Gasteiger partial charge in [-0.05, 0) is 89.7 Å². The number of likely N-dealkylation sites (tertiary alicyclic amines) is 2. The summed E-state index contributed by atoms with van der Waals surface area (Å²) in [6.07, 6.45) is 9.33. The van der Waals surface area contributed by atoms with Crippen LogP contribution >= 0.6 is 11.6 Å². The Bertz CT molecular complexity index is 1420. The maximum Gasteiger partial charge on any atom is 0.437 e. The van der Waals surface area contributed by atoms with Gasteiger partial charge in [0.05, 0.1) is 18.2 Å². The molecule has 3 aliphatic heterocycles. The first kappa shape index (κ1) is 35.2. The molecule has 252 valence electrons. The lowest BCUT2D eigenvalue weighted by Crippen LogP contribution is -2.44. The number of hydrogen-bond donors (Lipinski definition) is 2. The van der Waals surface area contributed by atoms with Crippen LogP contribution in [0.15, 0.2) is 33.5 Å². The number of aryl methyl sites for hydroxylation is 1. The SMILES string of the molecule is CN(C)C1CCN(C(=O)CCCCN2CCC(n3nc(-c4cc(Cl)cc5c4OCCC5)oc3=O)CC2)CC1.O=C(O)/C=C/C(=O)O. The number of hydrogen-bond acceptors (Lipinski definition) is 9. The van der Waals surface area contributed by atoms with Crippen LogP contribution in [0.4, 0.5) is 0 Å². The molecule has 2 saturated heterocycles. The fourth-order valence-electron chi connectivity index (χ4n) is 6.16. The van der Waals surface area contributed by atoms with Crippen molar-refractivity contribution in [3.63, 3.8) is 0 Å². The summed E-state index contributed by atoms with van der Waals surface area (Å²) in [5, 5.41) is 20.8. The van der Waals surface area contributed by atoms with E-state index in [9.17, 15) is 19.2 Å². The monoisotopic (exact) mass is 661 g/mol. The lowest BCUT2D eigenvalue weighted by Gasteiger charge is -2.35. The highest BCUT2D eigenvalue weighted by molar-refractivity contribution is 6.31. The molecule has 0 unspecified atom stereocenters. The number of rotatable bonds is 10. The summed E-state index contributed by atoms with van der Waals surface area (Å²) < 4.78 is 13.0. The summed E-state index contributed by atoms with van der Waals surface area (Å²) in [7, 11) is 4.24. The van der Waals surface area contributed by atoms with Crippen molar-refractivity contribution in [2.24, 2.45) is 0 Å². The third-order valence-electron chi connectivity index (χ3n) is 8.70. The van der Waals surface area contributed by atoms with Gasteiger partial charge in [0.2, 0.25) is 5.91 Å².